The van der Waals surface area contributed by atoms with Crippen molar-refractivity contribution >= 4 is 15.9 Å². The van der Waals surface area contributed by atoms with Crippen LogP contribution in [0.3, 0.4) is 0 Å². The molecule has 0 bridgehead atoms. The van der Waals surface area contributed by atoms with Crippen molar-refractivity contribution in [2.75, 3.05) is 19.8 Å². The van der Waals surface area contributed by atoms with Crippen molar-refractivity contribution in [1.82, 2.24) is 0 Å². The van der Waals surface area contributed by atoms with Gasteiger partial charge in [0.05, 0.1) is 30.8 Å². The molecule has 0 N–H and O–H groups in total. The molecule has 98 valence electrons. The number of alkyl halides is 1. The Hall–Kier alpha value is -0.380. The fourth-order valence-corrected chi connectivity index (χ4v) is 3.40. The Kier molecular flexibility index (Phi) is 4.02. The van der Waals surface area contributed by atoms with Crippen LogP contribution in [-0.2, 0) is 22.3 Å². The SMILES string of the molecule is BrC(c1ccc2c(c1)CCCC2)C1COCCO1. The summed E-state index contributed by atoms with van der Waals surface area (Å²) in [4.78, 5) is 0.241. The van der Waals surface area contributed by atoms with Crippen molar-refractivity contribution in [3.8, 4) is 0 Å². The number of halogens is 1. The van der Waals surface area contributed by atoms with Crippen molar-refractivity contribution in [1.29, 1.82) is 0 Å². The Morgan fingerprint density at radius 1 is 1.11 bits per heavy atom. The van der Waals surface area contributed by atoms with Gasteiger partial charge >= 0.3 is 0 Å². The van der Waals surface area contributed by atoms with E-state index in [1.54, 1.807) is 0 Å². The number of aryl methyl sites for hydroxylation is 2. The van der Waals surface area contributed by atoms with Gasteiger partial charge in [0.15, 0.2) is 0 Å². The zero-order valence-corrected chi connectivity index (χ0v) is 12.1. The summed E-state index contributed by atoms with van der Waals surface area (Å²) in [6.07, 6.45) is 5.27. The van der Waals surface area contributed by atoms with Gasteiger partial charge in [-0.2, -0.15) is 0 Å². The number of hydrogen-bond donors (Lipinski definition) is 0. The lowest BCUT2D eigenvalue weighted by atomic mass is 9.89. The molecule has 1 aromatic carbocycles. The Morgan fingerprint density at radius 3 is 2.72 bits per heavy atom. The van der Waals surface area contributed by atoms with E-state index in [9.17, 15) is 0 Å². The zero-order valence-electron chi connectivity index (χ0n) is 10.5. The second-order valence-electron chi connectivity index (χ2n) is 5.12. The van der Waals surface area contributed by atoms with Crippen molar-refractivity contribution < 1.29 is 9.47 Å². The molecule has 3 rings (SSSR count). The van der Waals surface area contributed by atoms with Gasteiger partial charge in [-0.3, -0.25) is 0 Å². The maximum Gasteiger partial charge on any atom is 0.0975 e. The van der Waals surface area contributed by atoms with Crippen molar-refractivity contribution in [2.24, 2.45) is 0 Å². The highest BCUT2D eigenvalue weighted by Gasteiger charge is 2.25. The molecule has 1 fully saturated rings. The summed E-state index contributed by atoms with van der Waals surface area (Å²) in [5.74, 6) is 0. The van der Waals surface area contributed by atoms with E-state index in [-0.39, 0.29) is 10.9 Å². The molecule has 1 saturated heterocycles. The van der Waals surface area contributed by atoms with Crippen LogP contribution in [0.5, 0.6) is 0 Å². The second-order valence-corrected chi connectivity index (χ2v) is 6.11. The predicted molar refractivity (Wildman–Crippen MR) is 75.3 cm³/mol. The third kappa shape index (κ3) is 2.63. The van der Waals surface area contributed by atoms with Gasteiger partial charge in [-0.1, -0.05) is 34.1 Å². The van der Waals surface area contributed by atoms with Gasteiger partial charge in [0.25, 0.3) is 0 Å². The van der Waals surface area contributed by atoms with Crippen LogP contribution in [0.4, 0.5) is 0 Å². The summed E-state index contributed by atoms with van der Waals surface area (Å²) in [5.41, 5.74) is 4.39. The molecule has 2 aliphatic rings. The highest BCUT2D eigenvalue weighted by molar-refractivity contribution is 9.09. The first-order valence-electron chi connectivity index (χ1n) is 6.80. The number of ether oxygens (including phenoxy) is 2. The molecule has 2 nitrogen and oxygen atoms in total. The Morgan fingerprint density at radius 2 is 1.94 bits per heavy atom. The topological polar surface area (TPSA) is 18.5 Å². The highest BCUT2D eigenvalue weighted by Crippen LogP contribution is 2.32. The fourth-order valence-electron chi connectivity index (χ4n) is 2.81. The van der Waals surface area contributed by atoms with Crippen LogP contribution in [0.1, 0.15) is 34.4 Å². The maximum absolute atomic E-state index is 5.77. The third-order valence-electron chi connectivity index (χ3n) is 3.86. The van der Waals surface area contributed by atoms with Gasteiger partial charge in [0.2, 0.25) is 0 Å². The lowest BCUT2D eigenvalue weighted by molar-refractivity contribution is -0.0876. The minimum Gasteiger partial charge on any atom is -0.376 e. The van der Waals surface area contributed by atoms with Gasteiger partial charge < -0.3 is 9.47 Å². The minimum absolute atomic E-state index is 0.139. The molecule has 3 heteroatoms. The molecule has 0 spiro atoms. The number of hydrogen-bond acceptors (Lipinski definition) is 2. The predicted octanol–water partition coefficient (Wildman–Crippen LogP) is 3.42. The average Bonchev–Trinajstić information content (AvgIpc) is 2.47. The van der Waals surface area contributed by atoms with Crippen LogP contribution in [0, 0.1) is 0 Å². The van der Waals surface area contributed by atoms with E-state index in [0.717, 1.165) is 6.61 Å². The van der Waals surface area contributed by atoms with Crippen molar-refractivity contribution in [3.63, 3.8) is 0 Å². The molecule has 1 aromatic rings. The van der Waals surface area contributed by atoms with Gasteiger partial charge in [-0.15, -0.1) is 0 Å². The largest absolute Gasteiger partial charge is 0.376 e. The minimum atomic E-state index is 0.139. The first-order chi connectivity index (χ1) is 8.84. The molecule has 18 heavy (non-hydrogen) atoms. The summed E-state index contributed by atoms with van der Waals surface area (Å²) in [6, 6.07) is 6.88. The van der Waals surface area contributed by atoms with E-state index in [4.69, 9.17) is 9.47 Å². The molecular weight excluding hydrogens is 292 g/mol. The monoisotopic (exact) mass is 310 g/mol. The van der Waals surface area contributed by atoms with Gasteiger partial charge in [0, 0.05) is 0 Å². The molecule has 2 atom stereocenters. The normalized spacial score (nSPS) is 25.5. The van der Waals surface area contributed by atoms with E-state index in [1.165, 1.54) is 42.4 Å². The summed E-state index contributed by atoms with van der Waals surface area (Å²) in [6.45, 7) is 2.12. The summed E-state index contributed by atoms with van der Waals surface area (Å²) < 4.78 is 11.2. The van der Waals surface area contributed by atoms with Crippen molar-refractivity contribution in [2.45, 2.75) is 36.6 Å². The number of benzene rings is 1. The molecular formula is C15H19BrO2. The van der Waals surface area contributed by atoms with Gasteiger partial charge in [-0.25, -0.2) is 0 Å². The molecule has 0 aromatic heterocycles. The summed E-state index contributed by atoms with van der Waals surface area (Å²) >= 11 is 3.77. The van der Waals surface area contributed by atoms with Crippen LogP contribution >= 0.6 is 15.9 Å². The molecule has 0 radical (unpaired) electrons. The van der Waals surface area contributed by atoms with Crippen LogP contribution in [0.15, 0.2) is 18.2 Å². The van der Waals surface area contributed by atoms with Crippen molar-refractivity contribution in [3.05, 3.63) is 34.9 Å². The first kappa shape index (κ1) is 12.6. The van der Waals surface area contributed by atoms with E-state index in [0.29, 0.717) is 13.2 Å². The fraction of sp³-hybridized carbons (Fsp3) is 0.600. The standard InChI is InChI=1S/C15H19BrO2/c16-15(14-10-17-7-8-18-14)13-6-5-11-3-1-2-4-12(11)9-13/h5-6,9,14-15H,1-4,7-8,10H2. The Balaban J connectivity index is 1.78. The lowest BCUT2D eigenvalue weighted by Gasteiger charge is -2.28. The molecule has 0 amide bonds. The molecule has 1 aliphatic heterocycles. The smallest absolute Gasteiger partial charge is 0.0975 e. The van der Waals surface area contributed by atoms with Crippen LogP contribution in [0.2, 0.25) is 0 Å². The third-order valence-corrected chi connectivity index (χ3v) is 4.98. The quantitative estimate of drug-likeness (QED) is 0.779. The van der Waals surface area contributed by atoms with Crippen LogP contribution < -0.4 is 0 Å². The Bertz CT molecular complexity index is 413. The average molecular weight is 311 g/mol. The van der Waals surface area contributed by atoms with E-state index < -0.39 is 0 Å². The van der Waals surface area contributed by atoms with Gasteiger partial charge in [0.1, 0.15) is 0 Å². The second kappa shape index (κ2) is 5.72. The number of fused-ring (bicyclic) bond motifs is 1. The molecule has 0 saturated carbocycles. The van der Waals surface area contributed by atoms with Crippen LogP contribution in [-0.4, -0.2) is 25.9 Å². The van der Waals surface area contributed by atoms with Crippen LogP contribution in [0.25, 0.3) is 0 Å². The maximum atomic E-state index is 5.77. The summed E-state index contributed by atoms with van der Waals surface area (Å²) in [7, 11) is 0. The summed E-state index contributed by atoms with van der Waals surface area (Å²) in [5, 5.41) is 0. The first-order valence-corrected chi connectivity index (χ1v) is 7.71. The molecule has 2 unspecified atom stereocenters. The van der Waals surface area contributed by atoms with E-state index in [1.807, 2.05) is 0 Å². The zero-order chi connectivity index (χ0) is 12.4. The van der Waals surface area contributed by atoms with E-state index >= 15 is 0 Å². The number of rotatable bonds is 2. The van der Waals surface area contributed by atoms with E-state index in [2.05, 4.69) is 34.1 Å². The lowest BCUT2D eigenvalue weighted by Crippen LogP contribution is -2.31. The molecule has 1 heterocycles. The molecule has 1 aliphatic carbocycles. The highest BCUT2D eigenvalue weighted by atomic mass is 79.9. The Labute approximate surface area is 117 Å². The van der Waals surface area contributed by atoms with Gasteiger partial charge in [-0.05, 0) is 42.4 Å².